The van der Waals surface area contributed by atoms with Gasteiger partial charge in [-0.3, -0.25) is 4.99 Å². The molecular formula is C23H31FN4O2S. The van der Waals surface area contributed by atoms with Crippen LogP contribution in [0.3, 0.4) is 0 Å². The molecule has 3 rings (SSSR count). The molecule has 31 heavy (non-hydrogen) atoms. The van der Waals surface area contributed by atoms with Crippen molar-refractivity contribution in [3.63, 3.8) is 0 Å². The molecule has 8 heteroatoms. The zero-order valence-electron chi connectivity index (χ0n) is 17.9. The van der Waals surface area contributed by atoms with Crippen LogP contribution in [0.1, 0.15) is 25.3 Å². The fourth-order valence-corrected chi connectivity index (χ4v) is 5.14. The number of rotatable bonds is 8. The highest BCUT2D eigenvalue weighted by Crippen LogP contribution is 2.23. The number of benzene rings is 2. The van der Waals surface area contributed by atoms with Gasteiger partial charge in [0.05, 0.1) is 4.90 Å². The lowest BCUT2D eigenvalue weighted by molar-refractivity contribution is 0.278. The summed E-state index contributed by atoms with van der Waals surface area (Å²) in [5, 5.41) is 6.47. The minimum absolute atomic E-state index is 0.191. The van der Waals surface area contributed by atoms with Gasteiger partial charge in [0.25, 0.3) is 0 Å². The van der Waals surface area contributed by atoms with Crippen molar-refractivity contribution in [3.05, 3.63) is 66.0 Å². The molecular weight excluding hydrogens is 415 g/mol. The van der Waals surface area contributed by atoms with Crippen molar-refractivity contribution in [1.82, 2.24) is 14.9 Å². The minimum Gasteiger partial charge on any atom is -0.357 e. The first kappa shape index (κ1) is 23.2. The number of piperidine rings is 1. The molecule has 168 valence electrons. The van der Waals surface area contributed by atoms with Crippen LogP contribution in [0.2, 0.25) is 0 Å². The van der Waals surface area contributed by atoms with Crippen molar-refractivity contribution in [2.45, 2.75) is 31.1 Å². The van der Waals surface area contributed by atoms with Crippen molar-refractivity contribution < 1.29 is 12.8 Å². The van der Waals surface area contributed by atoms with Gasteiger partial charge in [0.2, 0.25) is 10.0 Å². The lowest BCUT2D eigenvalue weighted by Crippen LogP contribution is -2.40. The summed E-state index contributed by atoms with van der Waals surface area (Å²) >= 11 is 0. The summed E-state index contributed by atoms with van der Waals surface area (Å²) in [4.78, 5) is 5.02. The molecule has 0 saturated carbocycles. The predicted octanol–water partition coefficient (Wildman–Crippen LogP) is 3.02. The highest BCUT2D eigenvalue weighted by molar-refractivity contribution is 7.89. The van der Waals surface area contributed by atoms with E-state index in [2.05, 4.69) is 15.6 Å². The predicted molar refractivity (Wildman–Crippen MR) is 122 cm³/mol. The molecule has 1 saturated heterocycles. The average molecular weight is 447 g/mol. The van der Waals surface area contributed by atoms with Crippen LogP contribution in [0, 0.1) is 11.7 Å². The lowest BCUT2D eigenvalue weighted by atomic mass is 9.98. The van der Waals surface area contributed by atoms with Gasteiger partial charge in [-0.05, 0) is 55.9 Å². The van der Waals surface area contributed by atoms with Gasteiger partial charge < -0.3 is 10.6 Å². The molecule has 1 aliphatic rings. The van der Waals surface area contributed by atoms with Gasteiger partial charge in [-0.1, -0.05) is 36.4 Å². The Balaban J connectivity index is 1.49. The number of guanidine groups is 1. The summed E-state index contributed by atoms with van der Waals surface area (Å²) in [6, 6.07) is 15.4. The molecule has 2 aromatic rings. The second-order valence-electron chi connectivity index (χ2n) is 7.65. The second-order valence-corrected chi connectivity index (χ2v) is 9.59. The van der Waals surface area contributed by atoms with Gasteiger partial charge >= 0.3 is 0 Å². The van der Waals surface area contributed by atoms with E-state index in [0.29, 0.717) is 54.9 Å². The summed E-state index contributed by atoms with van der Waals surface area (Å²) in [6.07, 6.45) is 2.14. The van der Waals surface area contributed by atoms with E-state index < -0.39 is 10.0 Å². The Morgan fingerprint density at radius 2 is 1.74 bits per heavy atom. The van der Waals surface area contributed by atoms with Gasteiger partial charge in [0, 0.05) is 32.7 Å². The SMILES string of the molecule is CCNC(=NCC1CCN(S(=O)(=O)c2ccccc2)CC1)NCCc1ccccc1F. The first-order valence-electron chi connectivity index (χ1n) is 10.8. The van der Waals surface area contributed by atoms with Crippen LogP contribution in [0.5, 0.6) is 0 Å². The molecule has 1 heterocycles. The van der Waals surface area contributed by atoms with Gasteiger partial charge in [-0.15, -0.1) is 0 Å². The van der Waals surface area contributed by atoms with Crippen molar-refractivity contribution >= 4 is 16.0 Å². The summed E-state index contributed by atoms with van der Waals surface area (Å²) < 4.78 is 40.8. The third-order valence-electron chi connectivity index (χ3n) is 5.45. The molecule has 0 aromatic heterocycles. The number of halogens is 1. The molecule has 0 bridgehead atoms. The van der Waals surface area contributed by atoms with E-state index >= 15 is 0 Å². The Hall–Kier alpha value is -2.45. The Bertz CT molecular complexity index is 959. The van der Waals surface area contributed by atoms with E-state index in [1.54, 1.807) is 40.7 Å². The number of hydrogen-bond donors (Lipinski definition) is 2. The molecule has 6 nitrogen and oxygen atoms in total. The molecule has 0 aliphatic carbocycles. The van der Waals surface area contributed by atoms with E-state index in [9.17, 15) is 12.8 Å². The molecule has 2 aromatic carbocycles. The summed E-state index contributed by atoms with van der Waals surface area (Å²) in [5.74, 6) is 0.853. The Kier molecular flexibility index (Phi) is 8.43. The maximum atomic E-state index is 13.8. The van der Waals surface area contributed by atoms with Gasteiger partial charge in [-0.25, -0.2) is 12.8 Å². The average Bonchev–Trinajstić information content (AvgIpc) is 2.79. The maximum absolute atomic E-state index is 13.8. The zero-order chi connectivity index (χ0) is 22.1. The quantitative estimate of drug-likeness (QED) is 0.483. The summed E-state index contributed by atoms with van der Waals surface area (Å²) in [6.45, 7) is 4.97. The standard InChI is InChI=1S/C23H31FN4O2S/c1-2-25-23(26-15-12-20-8-6-7-11-22(20)24)27-18-19-13-16-28(17-14-19)31(29,30)21-9-4-3-5-10-21/h3-11,19H,2,12-18H2,1H3,(H2,25,26,27). The number of hydrogen-bond acceptors (Lipinski definition) is 3. The maximum Gasteiger partial charge on any atom is 0.243 e. The Morgan fingerprint density at radius 3 is 2.42 bits per heavy atom. The zero-order valence-corrected chi connectivity index (χ0v) is 18.7. The molecule has 0 unspecified atom stereocenters. The smallest absolute Gasteiger partial charge is 0.243 e. The fraction of sp³-hybridized carbons (Fsp3) is 0.435. The van der Waals surface area contributed by atoms with E-state index in [-0.39, 0.29) is 5.82 Å². The summed E-state index contributed by atoms with van der Waals surface area (Å²) in [7, 11) is -3.43. The fourth-order valence-electron chi connectivity index (χ4n) is 3.65. The lowest BCUT2D eigenvalue weighted by Gasteiger charge is -2.30. The largest absolute Gasteiger partial charge is 0.357 e. The van der Waals surface area contributed by atoms with Crippen molar-refractivity contribution in [2.24, 2.45) is 10.9 Å². The Labute approximate surface area is 184 Å². The van der Waals surface area contributed by atoms with Gasteiger partial charge in [-0.2, -0.15) is 4.31 Å². The van der Waals surface area contributed by atoms with Crippen LogP contribution >= 0.6 is 0 Å². The molecule has 0 radical (unpaired) electrons. The van der Waals surface area contributed by atoms with E-state index in [4.69, 9.17) is 0 Å². The van der Waals surface area contributed by atoms with Crippen LogP contribution in [0.4, 0.5) is 4.39 Å². The normalized spacial score (nSPS) is 16.3. The van der Waals surface area contributed by atoms with Crippen LogP contribution in [0.15, 0.2) is 64.5 Å². The molecule has 0 atom stereocenters. The second kappa shape index (κ2) is 11.2. The monoisotopic (exact) mass is 446 g/mol. The topological polar surface area (TPSA) is 73.8 Å². The van der Waals surface area contributed by atoms with Gasteiger partial charge in [0.15, 0.2) is 5.96 Å². The number of nitrogens with zero attached hydrogens (tertiary/aromatic N) is 2. The number of sulfonamides is 1. The molecule has 2 N–H and O–H groups in total. The third-order valence-corrected chi connectivity index (χ3v) is 7.36. The van der Waals surface area contributed by atoms with Crippen LogP contribution < -0.4 is 10.6 Å². The van der Waals surface area contributed by atoms with Crippen LogP contribution in [0.25, 0.3) is 0 Å². The highest BCUT2D eigenvalue weighted by Gasteiger charge is 2.29. The van der Waals surface area contributed by atoms with Crippen molar-refractivity contribution in [2.75, 3.05) is 32.7 Å². The molecule has 0 amide bonds. The number of aliphatic imine (C=N–C) groups is 1. The van der Waals surface area contributed by atoms with Crippen molar-refractivity contribution in [1.29, 1.82) is 0 Å². The van der Waals surface area contributed by atoms with Gasteiger partial charge in [0.1, 0.15) is 5.82 Å². The minimum atomic E-state index is -3.43. The molecule has 1 fully saturated rings. The summed E-state index contributed by atoms with van der Waals surface area (Å²) in [5.41, 5.74) is 0.679. The highest BCUT2D eigenvalue weighted by atomic mass is 32.2. The van der Waals surface area contributed by atoms with Crippen LogP contribution in [-0.2, 0) is 16.4 Å². The first-order valence-corrected chi connectivity index (χ1v) is 12.3. The number of nitrogens with one attached hydrogen (secondary N) is 2. The Morgan fingerprint density at radius 1 is 1.06 bits per heavy atom. The van der Waals surface area contributed by atoms with E-state index in [0.717, 1.165) is 19.4 Å². The molecule has 1 aliphatic heterocycles. The molecule has 0 spiro atoms. The third kappa shape index (κ3) is 6.51. The first-order chi connectivity index (χ1) is 15.0. The van der Waals surface area contributed by atoms with E-state index in [1.807, 2.05) is 19.1 Å². The van der Waals surface area contributed by atoms with Crippen molar-refractivity contribution in [3.8, 4) is 0 Å². The van der Waals surface area contributed by atoms with Crippen LogP contribution in [-0.4, -0.2) is 51.4 Å². The van der Waals surface area contributed by atoms with E-state index in [1.165, 1.54) is 6.07 Å².